The summed E-state index contributed by atoms with van der Waals surface area (Å²) < 4.78 is 5.24. The van der Waals surface area contributed by atoms with Gasteiger partial charge in [-0.25, -0.2) is 0 Å². The van der Waals surface area contributed by atoms with E-state index in [-0.39, 0.29) is 24.8 Å². The molecule has 0 fully saturated rings. The van der Waals surface area contributed by atoms with Crippen molar-refractivity contribution >= 4 is 5.91 Å². The molecule has 0 aliphatic rings. The van der Waals surface area contributed by atoms with E-state index in [0.717, 1.165) is 0 Å². The molecule has 1 rings (SSSR count). The van der Waals surface area contributed by atoms with E-state index in [4.69, 9.17) is 16.6 Å². The summed E-state index contributed by atoms with van der Waals surface area (Å²) in [5.74, 6) is 3.11. The van der Waals surface area contributed by atoms with Gasteiger partial charge in [0, 0.05) is 6.54 Å². The Balaban J connectivity index is 2.79. The van der Waals surface area contributed by atoms with Crippen LogP contribution in [0.4, 0.5) is 0 Å². The van der Waals surface area contributed by atoms with Gasteiger partial charge in [-0.1, -0.05) is 5.92 Å². The number of terminal acetylenes is 1. The molecule has 0 atom stereocenters. The van der Waals surface area contributed by atoms with Gasteiger partial charge >= 0.3 is 0 Å². The molecule has 0 aliphatic carbocycles. The maximum absolute atomic E-state index is 11.8. The number of nitrogens with zero attached hydrogens (tertiary/aromatic N) is 1. The van der Waals surface area contributed by atoms with E-state index < -0.39 is 0 Å². The number of amides is 1. The lowest BCUT2D eigenvalue weighted by molar-refractivity contribution is 0.0751. The highest BCUT2D eigenvalue weighted by molar-refractivity contribution is 5.91. The van der Waals surface area contributed by atoms with Crippen LogP contribution in [-0.2, 0) is 6.54 Å². The summed E-state index contributed by atoms with van der Waals surface area (Å²) >= 11 is 0. The van der Waals surface area contributed by atoms with Gasteiger partial charge in [0.25, 0.3) is 5.91 Å². The Labute approximate surface area is 89.0 Å². The minimum atomic E-state index is -0.199. The van der Waals surface area contributed by atoms with Crippen LogP contribution in [0.15, 0.2) is 16.5 Å². The Kier molecular flexibility index (Phi) is 3.95. The smallest absolute Gasteiger partial charge is 0.290 e. The first-order chi connectivity index (χ1) is 7.22. The largest absolute Gasteiger partial charge is 0.455 e. The van der Waals surface area contributed by atoms with Crippen molar-refractivity contribution in [2.75, 3.05) is 13.1 Å². The van der Waals surface area contributed by atoms with Crippen molar-refractivity contribution in [2.45, 2.75) is 13.5 Å². The SMILES string of the molecule is C#CCN(CC)C(=O)c1ccc(CN)o1. The van der Waals surface area contributed by atoms with Crippen molar-refractivity contribution in [1.82, 2.24) is 4.90 Å². The Morgan fingerprint density at radius 3 is 2.87 bits per heavy atom. The molecule has 1 amide bonds. The molecule has 1 aromatic rings. The molecule has 0 saturated carbocycles. The lowest BCUT2D eigenvalue weighted by Crippen LogP contribution is -2.30. The zero-order valence-electron chi connectivity index (χ0n) is 8.69. The van der Waals surface area contributed by atoms with Crippen molar-refractivity contribution in [3.05, 3.63) is 23.7 Å². The second-order valence-electron chi connectivity index (χ2n) is 2.99. The molecule has 0 spiro atoms. The number of rotatable bonds is 4. The van der Waals surface area contributed by atoms with Crippen LogP contribution in [0, 0.1) is 12.3 Å². The van der Waals surface area contributed by atoms with E-state index in [0.29, 0.717) is 12.3 Å². The molecule has 0 aromatic carbocycles. The Hall–Kier alpha value is -1.73. The van der Waals surface area contributed by atoms with Crippen LogP contribution in [0.2, 0.25) is 0 Å². The zero-order chi connectivity index (χ0) is 11.3. The highest BCUT2D eigenvalue weighted by Crippen LogP contribution is 2.09. The third-order valence-electron chi connectivity index (χ3n) is 2.02. The quantitative estimate of drug-likeness (QED) is 0.742. The summed E-state index contributed by atoms with van der Waals surface area (Å²) in [5, 5.41) is 0. The maximum Gasteiger partial charge on any atom is 0.290 e. The van der Waals surface area contributed by atoms with Gasteiger partial charge in [0.2, 0.25) is 0 Å². The average molecular weight is 206 g/mol. The molecule has 0 aliphatic heterocycles. The molecule has 0 radical (unpaired) electrons. The van der Waals surface area contributed by atoms with Gasteiger partial charge in [-0.3, -0.25) is 4.79 Å². The van der Waals surface area contributed by atoms with Crippen LogP contribution in [0.25, 0.3) is 0 Å². The lowest BCUT2D eigenvalue weighted by Gasteiger charge is -2.15. The fourth-order valence-corrected chi connectivity index (χ4v) is 1.20. The topological polar surface area (TPSA) is 59.5 Å². The van der Waals surface area contributed by atoms with Crippen molar-refractivity contribution in [3.63, 3.8) is 0 Å². The predicted octanol–water partition coefficient (Wildman–Crippen LogP) is 0.834. The number of carbonyl (C=O) groups is 1. The average Bonchev–Trinajstić information content (AvgIpc) is 2.73. The number of carbonyl (C=O) groups excluding carboxylic acids is 1. The van der Waals surface area contributed by atoms with Crippen LogP contribution in [0.3, 0.4) is 0 Å². The zero-order valence-corrected chi connectivity index (χ0v) is 8.69. The Bertz CT molecular complexity index is 376. The molecule has 4 nitrogen and oxygen atoms in total. The number of furan rings is 1. The normalized spacial score (nSPS) is 9.67. The molecular formula is C11H14N2O2. The number of hydrogen-bond donors (Lipinski definition) is 1. The van der Waals surface area contributed by atoms with E-state index in [9.17, 15) is 4.79 Å². The number of hydrogen-bond acceptors (Lipinski definition) is 3. The summed E-state index contributed by atoms with van der Waals surface area (Å²) in [6.07, 6.45) is 5.16. The van der Waals surface area contributed by atoms with Gasteiger partial charge in [-0.05, 0) is 19.1 Å². The van der Waals surface area contributed by atoms with Crippen LogP contribution in [0.5, 0.6) is 0 Å². The monoisotopic (exact) mass is 206 g/mol. The summed E-state index contributed by atoms with van der Waals surface area (Å²) in [6, 6.07) is 3.31. The molecule has 0 unspecified atom stereocenters. The second kappa shape index (κ2) is 5.23. The van der Waals surface area contributed by atoms with Crippen LogP contribution >= 0.6 is 0 Å². The van der Waals surface area contributed by atoms with Gasteiger partial charge in [-0.15, -0.1) is 6.42 Å². The standard InChI is InChI=1S/C11H14N2O2/c1-3-7-13(4-2)11(14)10-6-5-9(8-12)15-10/h1,5-6H,4,7-8,12H2,2H3. The third kappa shape index (κ3) is 2.61. The fourth-order valence-electron chi connectivity index (χ4n) is 1.20. The van der Waals surface area contributed by atoms with Crippen LogP contribution < -0.4 is 5.73 Å². The van der Waals surface area contributed by atoms with Gasteiger partial charge < -0.3 is 15.1 Å². The van der Waals surface area contributed by atoms with Gasteiger partial charge in [0.15, 0.2) is 5.76 Å². The minimum Gasteiger partial charge on any atom is -0.455 e. The van der Waals surface area contributed by atoms with Gasteiger partial charge in [0.1, 0.15) is 5.76 Å². The lowest BCUT2D eigenvalue weighted by atomic mass is 10.3. The molecule has 2 N–H and O–H groups in total. The predicted molar refractivity (Wildman–Crippen MR) is 57.0 cm³/mol. The maximum atomic E-state index is 11.8. The molecule has 0 bridgehead atoms. The summed E-state index contributed by atoms with van der Waals surface area (Å²) in [7, 11) is 0. The van der Waals surface area contributed by atoms with E-state index in [1.165, 1.54) is 4.90 Å². The molecule has 15 heavy (non-hydrogen) atoms. The van der Waals surface area contributed by atoms with Crippen molar-refractivity contribution in [2.24, 2.45) is 5.73 Å². The van der Waals surface area contributed by atoms with Crippen molar-refractivity contribution in [3.8, 4) is 12.3 Å². The first-order valence-electron chi connectivity index (χ1n) is 4.74. The van der Waals surface area contributed by atoms with Crippen molar-refractivity contribution < 1.29 is 9.21 Å². The van der Waals surface area contributed by atoms with E-state index in [1.54, 1.807) is 12.1 Å². The minimum absolute atomic E-state index is 0.199. The summed E-state index contributed by atoms with van der Waals surface area (Å²) in [6.45, 7) is 2.99. The van der Waals surface area contributed by atoms with E-state index >= 15 is 0 Å². The van der Waals surface area contributed by atoms with Crippen LogP contribution in [-0.4, -0.2) is 23.9 Å². The van der Waals surface area contributed by atoms with Crippen molar-refractivity contribution in [1.29, 1.82) is 0 Å². The molecule has 1 aromatic heterocycles. The Morgan fingerprint density at radius 2 is 2.40 bits per heavy atom. The summed E-state index contributed by atoms with van der Waals surface area (Å²) in [5.41, 5.74) is 5.38. The summed E-state index contributed by atoms with van der Waals surface area (Å²) in [4.78, 5) is 13.3. The second-order valence-corrected chi connectivity index (χ2v) is 2.99. The fraction of sp³-hybridized carbons (Fsp3) is 0.364. The van der Waals surface area contributed by atoms with Crippen LogP contribution in [0.1, 0.15) is 23.2 Å². The molecular weight excluding hydrogens is 192 g/mol. The molecule has 1 heterocycles. The van der Waals surface area contributed by atoms with E-state index in [2.05, 4.69) is 5.92 Å². The first-order valence-corrected chi connectivity index (χ1v) is 4.74. The molecule has 4 heteroatoms. The highest BCUT2D eigenvalue weighted by atomic mass is 16.4. The van der Waals surface area contributed by atoms with Gasteiger partial charge in [-0.2, -0.15) is 0 Å². The highest BCUT2D eigenvalue weighted by Gasteiger charge is 2.16. The first kappa shape index (κ1) is 11.3. The third-order valence-corrected chi connectivity index (χ3v) is 2.02. The molecule has 0 saturated heterocycles. The number of nitrogens with two attached hydrogens (primary N) is 1. The van der Waals surface area contributed by atoms with E-state index in [1.807, 2.05) is 6.92 Å². The Morgan fingerprint density at radius 1 is 1.67 bits per heavy atom. The molecule has 80 valence electrons. The van der Waals surface area contributed by atoms with Gasteiger partial charge in [0.05, 0.1) is 13.1 Å².